The van der Waals surface area contributed by atoms with Crippen molar-refractivity contribution in [2.24, 2.45) is 5.16 Å². The number of piperazine rings is 1. The van der Waals surface area contributed by atoms with Gasteiger partial charge in [0.05, 0.1) is 24.7 Å². The normalized spacial score (nSPS) is 19.5. The number of methoxy groups -OCH3 is 1. The minimum absolute atomic E-state index is 0.0176. The summed E-state index contributed by atoms with van der Waals surface area (Å²) in [5, 5.41) is 7.41. The number of rotatable bonds is 12. The Morgan fingerprint density at radius 1 is 1.24 bits per heavy atom. The number of hydrogen-bond donors (Lipinski definition) is 2. The third-order valence-electron chi connectivity index (χ3n) is 6.18. The molecule has 4 rings (SSSR count). The molecule has 38 heavy (non-hydrogen) atoms. The molecule has 0 bridgehead atoms. The van der Waals surface area contributed by atoms with E-state index in [0.717, 1.165) is 37.6 Å². The zero-order chi connectivity index (χ0) is 27.0. The number of nitrogens with zero attached hydrogens (tertiary/aromatic N) is 4. The molecule has 1 atom stereocenters. The lowest BCUT2D eigenvalue weighted by Crippen LogP contribution is -2.43. The monoisotopic (exact) mass is 566 g/mol. The van der Waals surface area contributed by atoms with Gasteiger partial charge in [-0.15, -0.1) is 11.3 Å². The van der Waals surface area contributed by atoms with E-state index in [-0.39, 0.29) is 29.9 Å². The molecule has 1 aromatic heterocycles. The van der Waals surface area contributed by atoms with Crippen LogP contribution in [-0.4, -0.2) is 108 Å². The van der Waals surface area contributed by atoms with Gasteiger partial charge < -0.3 is 19.2 Å². The number of carbonyl (C=O) groups is 1. The molecule has 1 aromatic carbocycles. The van der Waals surface area contributed by atoms with E-state index in [1.165, 1.54) is 42.7 Å². The zero-order valence-electron chi connectivity index (χ0n) is 21.6. The number of hydrogen-bond acceptors (Lipinski definition) is 11. The van der Waals surface area contributed by atoms with Gasteiger partial charge in [0, 0.05) is 69.4 Å². The van der Waals surface area contributed by atoms with Gasteiger partial charge in [-0.3, -0.25) is 15.0 Å². The van der Waals surface area contributed by atoms with Crippen LogP contribution in [0.1, 0.15) is 16.9 Å². The average Bonchev–Trinajstić information content (AvgIpc) is 3.58. The maximum Gasteiger partial charge on any atom is 0.280 e. The van der Waals surface area contributed by atoms with Gasteiger partial charge in [-0.2, -0.15) is 0 Å². The van der Waals surface area contributed by atoms with Crippen LogP contribution in [0.4, 0.5) is 5.13 Å². The molecule has 208 valence electrons. The second-order valence-corrected chi connectivity index (χ2v) is 12.0. The Morgan fingerprint density at radius 2 is 2.00 bits per heavy atom. The molecule has 2 N–H and O–H groups in total. The average molecular weight is 567 g/mol. The Bertz CT molecular complexity index is 1190. The molecule has 2 aliphatic heterocycles. The minimum atomic E-state index is -3.71. The minimum Gasteiger partial charge on any atom is -0.389 e. The Morgan fingerprint density at radius 3 is 2.68 bits per heavy atom. The number of amides is 1. The highest BCUT2D eigenvalue weighted by atomic mass is 32.2. The molecule has 0 unspecified atom stereocenters. The van der Waals surface area contributed by atoms with Crippen molar-refractivity contribution in [1.29, 1.82) is 0 Å². The van der Waals surface area contributed by atoms with E-state index in [4.69, 9.17) is 14.3 Å². The van der Waals surface area contributed by atoms with Crippen molar-refractivity contribution in [2.75, 3.05) is 72.0 Å². The number of benzene rings is 1. The Hall–Kier alpha value is -2.46. The second-order valence-electron chi connectivity index (χ2n) is 9.11. The molecule has 2 saturated heterocycles. The topological polar surface area (TPSA) is 135 Å². The lowest BCUT2D eigenvalue weighted by Gasteiger charge is -2.31. The Labute approximate surface area is 227 Å². The fourth-order valence-corrected chi connectivity index (χ4v) is 5.79. The third kappa shape index (κ3) is 8.02. The molecular weight excluding hydrogens is 532 g/mol. The molecule has 0 radical (unpaired) electrons. The van der Waals surface area contributed by atoms with Crippen LogP contribution in [0.3, 0.4) is 0 Å². The molecule has 2 aromatic rings. The van der Waals surface area contributed by atoms with Crippen LogP contribution in [0.25, 0.3) is 0 Å². The molecule has 2 fully saturated rings. The molecule has 14 heteroatoms. The highest BCUT2D eigenvalue weighted by molar-refractivity contribution is 7.89. The smallest absolute Gasteiger partial charge is 0.280 e. The molecule has 0 saturated carbocycles. The predicted octanol–water partition coefficient (Wildman–Crippen LogP) is 0.964. The van der Waals surface area contributed by atoms with Gasteiger partial charge in [0.2, 0.25) is 10.0 Å². The number of oxime groups is 1. The molecule has 0 aliphatic carbocycles. The van der Waals surface area contributed by atoms with Crippen LogP contribution in [0.5, 0.6) is 0 Å². The van der Waals surface area contributed by atoms with Crippen molar-refractivity contribution < 1.29 is 27.5 Å². The van der Waals surface area contributed by atoms with Gasteiger partial charge in [-0.1, -0.05) is 17.3 Å². The van der Waals surface area contributed by atoms with Crippen LogP contribution in [-0.2, 0) is 35.7 Å². The summed E-state index contributed by atoms with van der Waals surface area (Å²) >= 11 is 1.41. The number of nitrogens with one attached hydrogen (secondary N) is 2. The zero-order valence-corrected chi connectivity index (χ0v) is 23.2. The van der Waals surface area contributed by atoms with Gasteiger partial charge in [0.1, 0.15) is 0 Å². The summed E-state index contributed by atoms with van der Waals surface area (Å²) in [6.45, 7) is 6.18. The highest BCUT2D eigenvalue weighted by Crippen LogP contribution is 2.21. The summed E-state index contributed by atoms with van der Waals surface area (Å²) in [5.74, 6) is -0.502. The standard InChI is InChI=1S/C24H34N6O6S2/c1-29-9-11-30(12-10-29)16-20-15-25-24(37-20)27-23(31)22(28-36-19-7-13-35-17-19)18-3-5-21(6-4-18)38(32,33)26-8-14-34-2/h3-6,15,19,26H,7-14,16-17H2,1-2H3,(H,25,27,31)/b28-22+/t19-/m1/s1. The summed E-state index contributed by atoms with van der Waals surface area (Å²) in [6, 6.07) is 5.89. The first-order chi connectivity index (χ1) is 18.3. The number of carbonyl (C=O) groups excluding carboxylic acids is 1. The first-order valence-corrected chi connectivity index (χ1v) is 14.7. The summed E-state index contributed by atoms with van der Waals surface area (Å²) in [7, 11) is -0.102. The lowest BCUT2D eigenvalue weighted by atomic mass is 10.1. The summed E-state index contributed by atoms with van der Waals surface area (Å²) in [4.78, 5) is 29.0. The summed E-state index contributed by atoms with van der Waals surface area (Å²) < 4.78 is 37.7. The first kappa shape index (κ1) is 28.5. The number of thiazole rings is 1. The third-order valence-corrected chi connectivity index (χ3v) is 8.56. The van der Waals surface area contributed by atoms with E-state index >= 15 is 0 Å². The van der Waals surface area contributed by atoms with Crippen molar-refractivity contribution in [1.82, 2.24) is 19.5 Å². The molecule has 2 aliphatic rings. The predicted molar refractivity (Wildman–Crippen MR) is 144 cm³/mol. The fourth-order valence-electron chi connectivity index (χ4n) is 3.92. The van der Waals surface area contributed by atoms with Crippen LogP contribution in [0.2, 0.25) is 0 Å². The lowest BCUT2D eigenvalue weighted by molar-refractivity contribution is -0.110. The number of sulfonamides is 1. The largest absolute Gasteiger partial charge is 0.389 e. The Balaban J connectivity index is 1.46. The SMILES string of the molecule is COCCNS(=O)(=O)c1ccc(/C(=N\O[C@@H]2CCOC2)C(=O)Nc2ncc(CN3CCN(C)CC3)s2)cc1. The van der Waals surface area contributed by atoms with Crippen LogP contribution >= 0.6 is 11.3 Å². The molecule has 12 nitrogen and oxygen atoms in total. The van der Waals surface area contributed by atoms with Gasteiger partial charge in [0.25, 0.3) is 5.91 Å². The van der Waals surface area contributed by atoms with Crippen LogP contribution in [0, 0.1) is 0 Å². The molecule has 1 amide bonds. The van der Waals surface area contributed by atoms with Crippen molar-refractivity contribution in [3.8, 4) is 0 Å². The number of likely N-dealkylation sites (N-methyl/N-ethyl adjacent to an activating group) is 1. The maximum absolute atomic E-state index is 13.3. The van der Waals surface area contributed by atoms with E-state index < -0.39 is 15.9 Å². The Kier molecular flexibility index (Phi) is 10.2. The number of anilines is 1. The summed E-state index contributed by atoms with van der Waals surface area (Å²) in [5.41, 5.74) is 0.426. The number of ether oxygens (including phenoxy) is 2. The van der Waals surface area contributed by atoms with E-state index in [1.54, 1.807) is 6.20 Å². The van der Waals surface area contributed by atoms with Gasteiger partial charge in [-0.05, 0) is 19.2 Å². The summed E-state index contributed by atoms with van der Waals surface area (Å²) in [6.07, 6.45) is 2.19. The van der Waals surface area contributed by atoms with Gasteiger partial charge in [0.15, 0.2) is 16.9 Å². The van der Waals surface area contributed by atoms with Gasteiger partial charge in [-0.25, -0.2) is 18.1 Å². The molecular formula is C24H34N6O6S2. The van der Waals surface area contributed by atoms with Crippen molar-refractivity contribution in [3.63, 3.8) is 0 Å². The molecule has 3 heterocycles. The van der Waals surface area contributed by atoms with Crippen molar-refractivity contribution in [2.45, 2.75) is 24.0 Å². The maximum atomic E-state index is 13.3. The van der Waals surface area contributed by atoms with Gasteiger partial charge >= 0.3 is 0 Å². The number of aromatic nitrogens is 1. The second kappa shape index (κ2) is 13.6. The first-order valence-electron chi connectivity index (χ1n) is 12.4. The van der Waals surface area contributed by atoms with E-state index in [1.807, 2.05) is 0 Å². The van der Waals surface area contributed by atoms with Crippen LogP contribution < -0.4 is 10.0 Å². The fraction of sp³-hybridized carbons (Fsp3) is 0.542. The van der Waals surface area contributed by atoms with E-state index in [2.05, 4.69) is 37.0 Å². The highest BCUT2D eigenvalue weighted by Gasteiger charge is 2.23. The molecule has 0 spiro atoms. The van der Waals surface area contributed by atoms with Crippen molar-refractivity contribution in [3.05, 3.63) is 40.9 Å². The van der Waals surface area contributed by atoms with E-state index in [0.29, 0.717) is 30.3 Å². The quantitative estimate of drug-likeness (QED) is 0.219. The van der Waals surface area contributed by atoms with Crippen LogP contribution in [0.15, 0.2) is 40.5 Å². The van der Waals surface area contributed by atoms with Crippen molar-refractivity contribution >= 4 is 38.1 Å². The van der Waals surface area contributed by atoms with E-state index in [9.17, 15) is 13.2 Å².